The molecular formula is C23H18BrN5O. The van der Waals surface area contributed by atoms with Gasteiger partial charge in [-0.05, 0) is 62.2 Å². The third kappa shape index (κ3) is 3.58. The molecule has 0 fully saturated rings. The number of pyridine rings is 1. The summed E-state index contributed by atoms with van der Waals surface area (Å²) in [6.07, 6.45) is 1.43. The summed E-state index contributed by atoms with van der Waals surface area (Å²) >= 11 is 3.37. The lowest BCUT2D eigenvalue weighted by atomic mass is 10.0. The predicted molar refractivity (Wildman–Crippen MR) is 120 cm³/mol. The molecule has 0 spiro atoms. The Bertz CT molecular complexity index is 1350. The Labute approximate surface area is 182 Å². The fraction of sp³-hybridized carbons (Fsp3) is 0.130. The molecule has 4 rings (SSSR count). The van der Waals surface area contributed by atoms with Crippen LogP contribution in [0.4, 0.5) is 5.82 Å². The van der Waals surface area contributed by atoms with Crippen LogP contribution in [0.5, 0.6) is 0 Å². The first-order valence-corrected chi connectivity index (χ1v) is 10.1. The van der Waals surface area contributed by atoms with Gasteiger partial charge in [0.1, 0.15) is 11.6 Å². The van der Waals surface area contributed by atoms with E-state index in [1.807, 2.05) is 26.0 Å². The number of nitrogens with one attached hydrogen (secondary N) is 1. The number of nitrogens with zero attached hydrogens (tertiary/aromatic N) is 4. The molecule has 0 unspecified atom stereocenters. The van der Waals surface area contributed by atoms with E-state index in [1.165, 1.54) is 16.4 Å². The van der Waals surface area contributed by atoms with E-state index in [0.29, 0.717) is 17.2 Å². The van der Waals surface area contributed by atoms with Crippen LogP contribution in [0.1, 0.15) is 32.6 Å². The van der Waals surface area contributed by atoms with Crippen LogP contribution in [0.25, 0.3) is 16.7 Å². The van der Waals surface area contributed by atoms with Crippen molar-refractivity contribution in [3.8, 4) is 11.9 Å². The van der Waals surface area contributed by atoms with Crippen LogP contribution >= 0.6 is 15.9 Å². The van der Waals surface area contributed by atoms with Crippen molar-refractivity contribution in [2.24, 2.45) is 0 Å². The van der Waals surface area contributed by atoms with E-state index in [0.717, 1.165) is 26.5 Å². The maximum Gasteiger partial charge on any atom is 0.256 e. The Morgan fingerprint density at radius 1 is 1.13 bits per heavy atom. The van der Waals surface area contributed by atoms with Crippen molar-refractivity contribution in [1.82, 2.24) is 14.8 Å². The van der Waals surface area contributed by atoms with Crippen LogP contribution in [0, 0.1) is 32.1 Å². The van der Waals surface area contributed by atoms with E-state index in [2.05, 4.69) is 51.5 Å². The smallest absolute Gasteiger partial charge is 0.256 e. The number of rotatable bonds is 3. The Hall–Kier alpha value is -3.50. The van der Waals surface area contributed by atoms with Gasteiger partial charge in [0, 0.05) is 15.4 Å². The van der Waals surface area contributed by atoms with Gasteiger partial charge in [-0.1, -0.05) is 33.6 Å². The van der Waals surface area contributed by atoms with E-state index >= 15 is 0 Å². The normalized spacial score (nSPS) is 10.8. The first-order chi connectivity index (χ1) is 14.4. The molecule has 0 aliphatic heterocycles. The summed E-state index contributed by atoms with van der Waals surface area (Å²) in [7, 11) is 0. The van der Waals surface area contributed by atoms with Crippen LogP contribution in [-0.4, -0.2) is 20.7 Å². The number of aromatic nitrogens is 3. The average molecular weight is 460 g/mol. The fourth-order valence-corrected chi connectivity index (χ4v) is 3.87. The predicted octanol–water partition coefficient (Wildman–Crippen LogP) is 5.23. The van der Waals surface area contributed by atoms with Crippen LogP contribution in [-0.2, 0) is 0 Å². The SMILES string of the molecule is Cc1cc(C)c2nc(-n3ncc(C#N)c3NC(=O)c3cccc(Br)c3)cc(C)c2c1. The number of carbonyl (C=O) groups is 1. The number of hydrogen-bond donors (Lipinski definition) is 1. The van der Waals surface area contributed by atoms with Gasteiger partial charge >= 0.3 is 0 Å². The van der Waals surface area contributed by atoms with Gasteiger partial charge < -0.3 is 5.32 Å². The number of halogens is 1. The molecule has 7 heteroatoms. The molecule has 30 heavy (non-hydrogen) atoms. The third-order valence-electron chi connectivity index (χ3n) is 4.87. The second-order valence-corrected chi connectivity index (χ2v) is 8.09. The number of hydrogen-bond acceptors (Lipinski definition) is 4. The minimum atomic E-state index is -0.334. The summed E-state index contributed by atoms with van der Waals surface area (Å²) in [6, 6.07) is 15.2. The number of fused-ring (bicyclic) bond motifs is 1. The molecule has 2 aromatic carbocycles. The molecule has 0 saturated carbocycles. The summed E-state index contributed by atoms with van der Waals surface area (Å²) in [6.45, 7) is 6.09. The highest BCUT2D eigenvalue weighted by Crippen LogP contribution is 2.27. The molecule has 2 heterocycles. The van der Waals surface area contributed by atoms with Crippen LogP contribution < -0.4 is 5.32 Å². The molecule has 1 amide bonds. The lowest BCUT2D eigenvalue weighted by molar-refractivity contribution is 0.102. The molecule has 1 N–H and O–H groups in total. The van der Waals surface area contributed by atoms with Gasteiger partial charge in [0.05, 0.1) is 11.7 Å². The third-order valence-corrected chi connectivity index (χ3v) is 5.36. The quantitative estimate of drug-likeness (QED) is 0.454. The Kier molecular flexibility index (Phi) is 5.10. The van der Waals surface area contributed by atoms with Crippen LogP contribution in [0.3, 0.4) is 0 Å². The molecule has 6 nitrogen and oxygen atoms in total. The number of nitriles is 1. The van der Waals surface area contributed by atoms with Gasteiger partial charge in [0.15, 0.2) is 11.6 Å². The van der Waals surface area contributed by atoms with Crippen molar-refractivity contribution in [3.63, 3.8) is 0 Å². The molecule has 4 aromatic rings. The van der Waals surface area contributed by atoms with E-state index in [-0.39, 0.29) is 11.5 Å². The zero-order valence-corrected chi connectivity index (χ0v) is 18.3. The molecular weight excluding hydrogens is 442 g/mol. The number of anilines is 1. The zero-order chi connectivity index (χ0) is 21.4. The Morgan fingerprint density at radius 3 is 2.67 bits per heavy atom. The lowest BCUT2D eigenvalue weighted by Crippen LogP contribution is -2.16. The highest BCUT2D eigenvalue weighted by Gasteiger charge is 2.18. The summed E-state index contributed by atoms with van der Waals surface area (Å²) < 4.78 is 2.29. The fourth-order valence-electron chi connectivity index (χ4n) is 3.47. The van der Waals surface area contributed by atoms with Gasteiger partial charge in [-0.3, -0.25) is 4.79 Å². The first-order valence-electron chi connectivity index (χ1n) is 9.31. The van der Waals surface area contributed by atoms with Crippen molar-refractivity contribution in [1.29, 1.82) is 5.26 Å². The maximum atomic E-state index is 12.8. The van der Waals surface area contributed by atoms with Crippen molar-refractivity contribution in [3.05, 3.63) is 81.0 Å². The van der Waals surface area contributed by atoms with E-state index in [9.17, 15) is 10.1 Å². The minimum absolute atomic E-state index is 0.263. The summed E-state index contributed by atoms with van der Waals surface area (Å²) in [5, 5.41) is 17.7. The van der Waals surface area contributed by atoms with E-state index in [4.69, 9.17) is 4.98 Å². The highest BCUT2D eigenvalue weighted by molar-refractivity contribution is 9.10. The van der Waals surface area contributed by atoms with Gasteiger partial charge in [-0.2, -0.15) is 15.0 Å². The number of amides is 1. The molecule has 0 atom stereocenters. The molecule has 148 valence electrons. The number of benzene rings is 2. The largest absolute Gasteiger partial charge is 0.305 e. The molecule has 0 bridgehead atoms. The number of carbonyl (C=O) groups excluding carboxylic acids is 1. The first kappa shape index (κ1) is 19.8. The molecule has 0 radical (unpaired) electrons. The monoisotopic (exact) mass is 459 g/mol. The molecule has 0 saturated heterocycles. The van der Waals surface area contributed by atoms with E-state index in [1.54, 1.807) is 18.2 Å². The Morgan fingerprint density at radius 2 is 1.93 bits per heavy atom. The lowest BCUT2D eigenvalue weighted by Gasteiger charge is -2.13. The van der Waals surface area contributed by atoms with Crippen molar-refractivity contribution in [2.45, 2.75) is 20.8 Å². The average Bonchev–Trinajstić information content (AvgIpc) is 3.11. The Balaban J connectivity index is 1.82. The van der Waals surface area contributed by atoms with Crippen LogP contribution in [0.15, 0.2) is 53.1 Å². The molecule has 0 aliphatic carbocycles. The van der Waals surface area contributed by atoms with Crippen molar-refractivity contribution >= 4 is 38.6 Å². The summed E-state index contributed by atoms with van der Waals surface area (Å²) in [4.78, 5) is 17.6. The highest BCUT2D eigenvalue weighted by atomic mass is 79.9. The zero-order valence-electron chi connectivity index (χ0n) is 16.7. The van der Waals surface area contributed by atoms with Gasteiger partial charge in [-0.25, -0.2) is 4.98 Å². The van der Waals surface area contributed by atoms with Gasteiger partial charge in [0.2, 0.25) is 0 Å². The number of aryl methyl sites for hydroxylation is 3. The van der Waals surface area contributed by atoms with E-state index < -0.39 is 0 Å². The van der Waals surface area contributed by atoms with Crippen LogP contribution in [0.2, 0.25) is 0 Å². The van der Waals surface area contributed by atoms with Crippen molar-refractivity contribution in [2.75, 3.05) is 5.32 Å². The topological polar surface area (TPSA) is 83.6 Å². The van der Waals surface area contributed by atoms with Crippen molar-refractivity contribution < 1.29 is 4.79 Å². The second kappa shape index (κ2) is 7.73. The molecule has 0 aliphatic rings. The van der Waals surface area contributed by atoms with Gasteiger partial charge in [-0.15, -0.1) is 0 Å². The molecule has 2 aromatic heterocycles. The maximum absolute atomic E-state index is 12.8. The second-order valence-electron chi connectivity index (χ2n) is 7.17. The van der Waals surface area contributed by atoms with Gasteiger partial charge in [0.25, 0.3) is 5.91 Å². The summed E-state index contributed by atoms with van der Waals surface area (Å²) in [5.74, 6) is 0.496. The standard InChI is InChI=1S/C23H18BrN5O/c1-13-7-15(3)21-19(8-13)14(2)9-20(27-21)29-22(17(11-25)12-26-29)28-23(30)16-5-4-6-18(24)10-16/h4-10,12H,1-3H3,(H,28,30). The minimum Gasteiger partial charge on any atom is -0.305 e. The summed E-state index contributed by atoms with van der Waals surface area (Å²) in [5.41, 5.74) is 4.87.